The summed E-state index contributed by atoms with van der Waals surface area (Å²) >= 11 is 3.41. The van der Waals surface area contributed by atoms with Crippen LogP contribution in [0.25, 0.3) is 10.9 Å². The lowest BCUT2D eigenvalue weighted by Gasteiger charge is -1.99. The number of rotatable bonds is 1. The summed E-state index contributed by atoms with van der Waals surface area (Å²) in [6.45, 7) is 1.38. The van der Waals surface area contributed by atoms with Crippen LogP contribution in [0, 0.1) is 0 Å². The summed E-state index contributed by atoms with van der Waals surface area (Å²) < 4.78 is 5.96. The third-order valence-electron chi connectivity index (χ3n) is 1.87. The predicted molar refractivity (Wildman–Crippen MR) is 57.3 cm³/mol. The highest BCUT2D eigenvalue weighted by molar-refractivity contribution is 9.10. The predicted octanol–water partition coefficient (Wildman–Crippen LogP) is 2.86. The Hall–Kier alpha value is -1.29. The molecule has 1 heterocycles. The highest BCUT2D eigenvalue weighted by atomic mass is 79.9. The Morgan fingerprint density at radius 1 is 1.50 bits per heavy atom. The van der Waals surface area contributed by atoms with Gasteiger partial charge in [0.25, 0.3) is 0 Å². The lowest BCUT2D eigenvalue weighted by molar-refractivity contribution is -0.131. The van der Waals surface area contributed by atoms with Gasteiger partial charge in [0.1, 0.15) is 0 Å². The zero-order valence-corrected chi connectivity index (χ0v) is 9.09. The van der Waals surface area contributed by atoms with Crippen molar-refractivity contribution in [1.82, 2.24) is 4.98 Å². The number of halogens is 1. The van der Waals surface area contributed by atoms with Gasteiger partial charge >= 0.3 is 5.97 Å². The van der Waals surface area contributed by atoms with E-state index >= 15 is 0 Å². The van der Waals surface area contributed by atoms with E-state index in [2.05, 4.69) is 20.9 Å². The highest BCUT2D eigenvalue weighted by Crippen LogP contribution is 2.32. The molecule has 0 saturated carbocycles. The van der Waals surface area contributed by atoms with Gasteiger partial charge in [-0.15, -0.1) is 0 Å². The van der Waals surface area contributed by atoms with Crippen LogP contribution in [0.15, 0.2) is 28.9 Å². The third-order valence-corrected chi connectivity index (χ3v) is 2.53. The average Bonchev–Trinajstić information content (AvgIpc) is 2.49. The van der Waals surface area contributed by atoms with E-state index in [9.17, 15) is 4.79 Å². The topological polar surface area (TPSA) is 42.1 Å². The largest absolute Gasteiger partial charge is 0.424 e. The number of fused-ring (bicyclic) bond motifs is 1. The van der Waals surface area contributed by atoms with Crippen LogP contribution in [0.3, 0.4) is 0 Å². The molecule has 1 N–H and O–H groups in total. The van der Waals surface area contributed by atoms with Crippen molar-refractivity contribution in [3.63, 3.8) is 0 Å². The Morgan fingerprint density at radius 2 is 2.29 bits per heavy atom. The van der Waals surface area contributed by atoms with E-state index in [0.717, 1.165) is 15.4 Å². The molecule has 0 bridgehead atoms. The number of nitrogens with one attached hydrogen (secondary N) is 1. The summed E-state index contributed by atoms with van der Waals surface area (Å²) in [7, 11) is 0. The molecule has 0 unspecified atom stereocenters. The first-order valence-corrected chi connectivity index (χ1v) is 4.92. The number of hydrogen-bond donors (Lipinski definition) is 1. The molecule has 3 nitrogen and oxygen atoms in total. The van der Waals surface area contributed by atoms with Gasteiger partial charge in [-0.05, 0) is 28.1 Å². The fourth-order valence-corrected chi connectivity index (χ4v) is 1.91. The van der Waals surface area contributed by atoms with Crippen LogP contribution in [0.2, 0.25) is 0 Å². The van der Waals surface area contributed by atoms with E-state index < -0.39 is 0 Å². The van der Waals surface area contributed by atoms with Crippen molar-refractivity contribution < 1.29 is 9.53 Å². The summed E-state index contributed by atoms with van der Waals surface area (Å²) in [5.41, 5.74) is 0.940. The maximum Gasteiger partial charge on any atom is 0.308 e. The first kappa shape index (κ1) is 9.27. The monoisotopic (exact) mass is 253 g/mol. The highest BCUT2D eigenvalue weighted by Gasteiger charge is 2.09. The van der Waals surface area contributed by atoms with Crippen molar-refractivity contribution in [2.24, 2.45) is 0 Å². The number of hydrogen-bond acceptors (Lipinski definition) is 2. The van der Waals surface area contributed by atoms with E-state index in [1.165, 1.54) is 6.92 Å². The lowest BCUT2D eigenvalue weighted by Crippen LogP contribution is -2.00. The maximum atomic E-state index is 10.8. The summed E-state index contributed by atoms with van der Waals surface area (Å²) in [6, 6.07) is 5.75. The molecule has 0 spiro atoms. The number of aromatic nitrogens is 1. The molecule has 1 aromatic carbocycles. The Morgan fingerprint density at radius 3 is 3.00 bits per heavy atom. The number of ether oxygens (including phenoxy) is 1. The minimum absolute atomic E-state index is 0.318. The van der Waals surface area contributed by atoms with Crippen LogP contribution in [0.5, 0.6) is 5.75 Å². The van der Waals surface area contributed by atoms with Gasteiger partial charge in [-0.3, -0.25) is 4.79 Å². The smallest absolute Gasteiger partial charge is 0.308 e. The van der Waals surface area contributed by atoms with E-state index in [1.807, 2.05) is 18.2 Å². The number of benzene rings is 1. The molecule has 0 saturated heterocycles. The molecule has 0 aliphatic heterocycles. The Labute approximate surface area is 89.2 Å². The van der Waals surface area contributed by atoms with Crippen molar-refractivity contribution >= 4 is 32.8 Å². The quantitative estimate of drug-likeness (QED) is 0.795. The molecular formula is C10H8BrNO2. The summed E-state index contributed by atoms with van der Waals surface area (Å²) in [5.74, 6) is 0.238. The van der Waals surface area contributed by atoms with Gasteiger partial charge in [0, 0.05) is 17.6 Å². The third kappa shape index (κ3) is 1.53. The van der Waals surface area contributed by atoms with E-state index in [4.69, 9.17) is 4.74 Å². The second-order valence-electron chi connectivity index (χ2n) is 2.91. The molecule has 0 aliphatic carbocycles. The molecule has 0 fully saturated rings. The number of carbonyl (C=O) groups is 1. The minimum atomic E-state index is -0.318. The molecule has 14 heavy (non-hydrogen) atoms. The fraction of sp³-hybridized carbons (Fsp3) is 0.100. The number of esters is 1. The number of H-pyrrole nitrogens is 1. The van der Waals surface area contributed by atoms with E-state index in [0.29, 0.717) is 5.75 Å². The van der Waals surface area contributed by atoms with Gasteiger partial charge in [-0.2, -0.15) is 0 Å². The Kier molecular flexibility index (Phi) is 2.29. The van der Waals surface area contributed by atoms with Crippen LogP contribution in [0.1, 0.15) is 6.92 Å². The van der Waals surface area contributed by atoms with Crippen molar-refractivity contribution in [3.05, 3.63) is 28.9 Å². The molecule has 0 atom stereocenters. The number of aromatic amines is 1. The molecule has 2 rings (SSSR count). The van der Waals surface area contributed by atoms with Crippen LogP contribution in [-0.2, 0) is 4.79 Å². The fourth-order valence-electron chi connectivity index (χ4n) is 1.35. The number of carbonyl (C=O) groups excluding carboxylic acids is 1. The molecule has 0 amide bonds. The first-order valence-electron chi connectivity index (χ1n) is 4.12. The summed E-state index contributed by atoms with van der Waals surface area (Å²) in [6.07, 6.45) is 1.68. The Bertz CT molecular complexity index is 490. The molecule has 0 radical (unpaired) electrons. The molecule has 4 heteroatoms. The van der Waals surface area contributed by atoms with Crippen molar-refractivity contribution in [3.8, 4) is 5.75 Å². The first-order chi connectivity index (χ1) is 6.68. The molecule has 1 aromatic heterocycles. The van der Waals surface area contributed by atoms with E-state index in [1.54, 1.807) is 6.20 Å². The lowest BCUT2D eigenvalue weighted by atomic mass is 10.2. The van der Waals surface area contributed by atoms with Gasteiger partial charge in [0.2, 0.25) is 0 Å². The Balaban J connectivity index is 2.61. The second-order valence-corrected chi connectivity index (χ2v) is 3.76. The molecule has 2 aromatic rings. The average molecular weight is 254 g/mol. The molecule has 72 valence electrons. The summed E-state index contributed by atoms with van der Waals surface area (Å²) in [5, 5.41) is 0.891. The van der Waals surface area contributed by atoms with Crippen LogP contribution >= 0.6 is 15.9 Å². The zero-order chi connectivity index (χ0) is 10.1. The van der Waals surface area contributed by atoms with Crippen LogP contribution in [0.4, 0.5) is 0 Å². The van der Waals surface area contributed by atoms with Crippen LogP contribution in [-0.4, -0.2) is 11.0 Å². The SMILES string of the molecule is CC(=O)Oc1c[nH]c2cccc(Br)c12. The van der Waals surface area contributed by atoms with Gasteiger partial charge in [-0.1, -0.05) is 6.07 Å². The standard InChI is InChI=1S/C10H8BrNO2/c1-6(13)14-9-5-12-8-4-2-3-7(11)10(8)9/h2-5,12H,1H3. The summed E-state index contributed by atoms with van der Waals surface area (Å²) in [4.78, 5) is 13.8. The molecule has 0 aliphatic rings. The molecular weight excluding hydrogens is 246 g/mol. The van der Waals surface area contributed by atoms with Gasteiger partial charge in [0.15, 0.2) is 5.75 Å². The minimum Gasteiger partial charge on any atom is -0.424 e. The second kappa shape index (κ2) is 3.46. The zero-order valence-electron chi connectivity index (χ0n) is 7.50. The van der Waals surface area contributed by atoms with Crippen molar-refractivity contribution in [2.75, 3.05) is 0 Å². The maximum absolute atomic E-state index is 10.8. The van der Waals surface area contributed by atoms with Gasteiger partial charge < -0.3 is 9.72 Å². The van der Waals surface area contributed by atoms with E-state index in [-0.39, 0.29) is 5.97 Å². The van der Waals surface area contributed by atoms with Crippen molar-refractivity contribution in [1.29, 1.82) is 0 Å². The van der Waals surface area contributed by atoms with Crippen molar-refractivity contribution in [2.45, 2.75) is 6.92 Å². The normalized spacial score (nSPS) is 10.4. The van der Waals surface area contributed by atoms with Gasteiger partial charge in [0.05, 0.1) is 10.9 Å². The van der Waals surface area contributed by atoms with Crippen LogP contribution < -0.4 is 4.74 Å². The van der Waals surface area contributed by atoms with Gasteiger partial charge in [-0.25, -0.2) is 0 Å².